The van der Waals surface area contributed by atoms with Crippen LogP contribution in [0.5, 0.6) is 0 Å². The van der Waals surface area contributed by atoms with Gasteiger partial charge in [-0.05, 0) is 104 Å². The van der Waals surface area contributed by atoms with Gasteiger partial charge in [0.2, 0.25) is 22.5 Å². The molecule has 0 radical (unpaired) electrons. The van der Waals surface area contributed by atoms with Crippen molar-refractivity contribution in [1.29, 1.82) is 0 Å². The van der Waals surface area contributed by atoms with E-state index in [-0.39, 0.29) is 62.6 Å². The molecular formula is C57H90Cl3N17O12. The largest absolute Gasteiger partial charge is 0.477 e. The first-order valence-corrected chi connectivity index (χ1v) is 30.7. The third kappa shape index (κ3) is 27.4. The third-order valence-corrected chi connectivity index (χ3v) is 14.4. The molecule has 4 aromatic heterocycles. The third-order valence-electron chi connectivity index (χ3n) is 13.9. The summed E-state index contributed by atoms with van der Waals surface area (Å²) < 4.78 is 33.4. The van der Waals surface area contributed by atoms with Crippen molar-refractivity contribution >= 4 is 88.0 Å². The predicted octanol–water partition coefficient (Wildman–Crippen LogP) is 5.43. The Balaban J connectivity index is 0.000000232. The van der Waals surface area contributed by atoms with Gasteiger partial charge in [0.05, 0.1) is 98.4 Å². The molecule has 10 rings (SSSR count). The summed E-state index contributed by atoms with van der Waals surface area (Å²) in [5.41, 5.74) is 11.1. The summed E-state index contributed by atoms with van der Waals surface area (Å²) in [7, 11) is 3.81. The monoisotopic (exact) mass is 1310 g/mol. The van der Waals surface area contributed by atoms with Crippen molar-refractivity contribution in [3.05, 3.63) is 62.8 Å². The SMILES string of the molecule is CC(C)N1CCCCC1.CC(C)N1CCN(c2nc(NC3COC3)cc(C(=O)O)n2)CC1.CCN(CC)C(C)C.COC(=O)c1cc(Cl)nc(Cl)n1.COC(=O)c1cc(NC2COC2)nc(Cl)n1.COC(=O)c1cc(NC2COC2)nc(N)n1.NC1COC1. The molecule has 0 bridgehead atoms. The topological polar surface area (TPSA) is 357 Å². The highest BCUT2D eigenvalue weighted by molar-refractivity contribution is 6.32. The zero-order valence-corrected chi connectivity index (χ0v) is 55.1. The fourth-order valence-electron chi connectivity index (χ4n) is 8.47. The summed E-state index contributed by atoms with van der Waals surface area (Å²) in [5, 5.41) is 18.7. The number of hydrogen-bond donors (Lipinski definition) is 6. The van der Waals surface area contributed by atoms with Crippen molar-refractivity contribution in [2.45, 2.75) is 117 Å². The average Bonchev–Trinajstić information content (AvgIpc) is 3.68. The second-order valence-corrected chi connectivity index (χ2v) is 22.6. The van der Waals surface area contributed by atoms with E-state index in [0.29, 0.717) is 81.2 Å². The van der Waals surface area contributed by atoms with E-state index in [0.717, 1.165) is 45.4 Å². The molecular weight excluding hydrogens is 1220 g/mol. The van der Waals surface area contributed by atoms with E-state index in [1.165, 1.54) is 91.0 Å². The number of nitrogen functional groups attached to an aromatic ring is 1. The van der Waals surface area contributed by atoms with Gasteiger partial charge in [-0.15, -0.1) is 0 Å². The average molecular weight is 1310 g/mol. The molecule has 8 N–H and O–H groups in total. The lowest BCUT2D eigenvalue weighted by atomic mass is 10.1. The molecule has 0 atom stereocenters. The molecule has 4 aromatic rings. The molecule has 6 aliphatic rings. The Morgan fingerprint density at radius 3 is 1.30 bits per heavy atom. The molecule has 6 aliphatic heterocycles. The van der Waals surface area contributed by atoms with Crippen LogP contribution < -0.4 is 32.3 Å². The minimum Gasteiger partial charge on any atom is -0.477 e. The van der Waals surface area contributed by atoms with Gasteiger partial charge in [-0.25, -0.2) is 49.1 Å². The number of carbonyl (C=O) groups is 4. The van der Waals surface area contributed by atoms with E-state index in [1.807, 2.05) is 4.90 Å². The van der Waals surface area contributed by atoms with E-state index in [4.69, 9.17) is 65.2 Å². The van der Waals surface area contributed by atoms with Crippen LogP contribution in [0.4, 0.5) is 29.4 Å². The van der Waals surface area contributed by atoms with E-state index < -0.39 is 23.9 Å². The number of ether oxygens (including phenoxy) is 7. The molecule has 6 saturated heterocycles. The molecule has 10 heterocycles. The minimum atomic E-state index is -1.04. The van der Waals surface area contributed by atoms with Crippen LogP contribution in [0.15, 0.2) is 24.3 Å². The Labute approximate surface area is 536 Å². The number of piperazine rings is 1. The molecule has 6 fully saturated rings. The summed E-state index contributed by atoms with van der Waals surface area (Å²) in [6, 6.07) is 8.70. The maximum atomic E-state index is 11.3. The van der Waals surface area contributed by atoms with Crippen molar-refractivity contribution in [3.8, 4) is 0 Å². The van der Waals surface area contributed by atoms with E-state index in [2.05, 4.69) is 140 Å². The number of carboxylic acid groups (broad SMARTS) is 1. The number of carbonyl (C=O) groups excluding carboxylic acids is 3. The standard InChI is InChI=1S/C15H23N5O3.C9H10ClN3O3.C9H12N4O3.C8H17N.C7H17N.C6H4Cl2N2O2.C3H7NO/c1-10(2)19-3-5-20(6-4-19)15-17-12(14(21)22)7-13(18-15)16-11-8-23-9-11;2*1-15-8(14)6-2-7(13-9(10)12-6)11-5-3-16-4-5;1-8(2)9-6-4-3-5-7-9;1-5-8(6-2)7(3)4;1-12-5(11)3-2-4(7)10-6(8)9-3;4-3-1-5-2-3/h7,10-11H,3-6,8-9H2,1-2H3,(H,21,22)(H,16,17,18);2,5H,3-4H2,1H3,(H,11,12,13);2,5H,3-4H2,1H3,(H3,10,11,12,13);8H,3-7H2,1-2H3;7H,5-6H2,1-4H3;2H,1H3;3H,1-2,4H2. The molecule has 32 heteroatoms. The van der Waals surface area contributed by atoms with Crippen LogP contribution in [-0.4, -0.2) is 252 Å². The number of anilines is 5. The summed E-state index contributed by atoms with van der Waals surface area (Å²) >= 11 is 16.6. The molecule has 0 aromatic carbocycles. The first-order chi connectivity index (χ1) is 42.4. The van der Waals surface area contributed by atoms with Crippen LogP contribution in [0, 0.1) is 0 Å². The Hall–Kier alpha value is -6.25. The number of carboxylic acids is 1. The number of piperidine rings is 1. The van der Waals surface area contributed by atoms with Gasteiger partial charge in [0, 0.05) is 68.6 Å². The van der Waals surface area contributed by atoms with E-state index >= 15 is 0 Å². The number of methoxy groups -OCH3 is 3. The normalized spacial score (nSPS) is 16.7. The maximum Gasteiger partial charge on any atom is 0.356 e. The second kappa shape index (κ2) is 39.8. The number of nitrogens with one attached hydrogen (secondary N) is 3. The number of esters is 3. The number of aromatic carboxylic acids is 1. The Bertz CT molecular complexity index is 2690. The number of halogens is 3. The summed E-state index contributed by atoms with van der Waals surface area (Å²) in [4.78, 5) is 85.5. The number of aromatic nitrogens is 8. The molecule has 0 unspecified atom stereocenters. The highest BCUT2D eigenvalue weighted by atomic mass is 35.5. The molecule has 496 valence electrons. The zero-order chi connectivity index (χ0) is 65.6. The molecule has 0 amide bonds. The Morgan fingerprint density at radius 2 is 0.955 bits per heavy atom. The first-order valence-electron chi connectivity index (χ1n) is 29.6. The zero-order valence-electron chi connectivity index (χ0n) is 52.9. The van der Waals surface area contributed by atoms with Crippen LogP contribution >= 0.6 is 34.8 Å². The van der Waals surface area contributed by atoms with Crippen molar-refractivity contribution in [1.82, 2.24) is 54.6 Å². The number of nitrogens with zero attached hydrogens (tertiary/aromatic N) is 12. The summed E-state index contributed by atoms with van der Waals surface area (Å²) in [6.45, 7) is 31.5. The van der Waals surface area contributed by atoms with Crippen molar-refractivity contribution in [2.75, 3.05) is 153 Å². The Morgan fingerprint density at radius 1 is 0.562 bits per heavy atom. The van der Waals surface area contributed by atoms with Crippen LogP contribution in [0.25, 0.3) is 0 Å². The van der Waals surface area contributed by atoms with Gasteiger partial charge in [-0.3, -0.25) is 4.90 Å². The van der Waals surface area contributed by atoms with Gasteiger partial charge >= 0.3 is 23.9 Å². The lowest BCUT2D eigenvalue weighted by Crippen LogP contribution is -2.49. The van der Waals surface area contributed by atoms with E-state index in [1.54, 1.807) is 0 Å². The number of rotatable bonds is 16. The quantitative estimate of drug-likeness (QED) is 0.0352. The van der Waals surface area contributed by atoms with Crippen LogP contribution in [0.2, 0.25) is 15.7 Å². The van der Waals surface area contributed by atoms with Gasteiger partial charge in [-0.1, -0.05) is 31.9 Å². The molecule has 0 saturated carbocycles. The summed E-state index contributed by atoms with van der Waals surface area (Å²) in [5.74, 6) is -0.661. The predicted molar refractivity (Wildman–Crippen MR) is 340 cm³/mol. The molecule has 0 spiro atoms. The van der Waals surface area contributed by atoms with Crippen molar-refractivity contribution in [2.24, 2.45) is 5.73 Å². The molecule has 89 heavy (non-hydrogen) atoms. The highest BCUT2D eigenvalue weighted by Crippen LogP contribution is 2.21. The van der Waals surface area contributed by atoms with Gasteiger partial charge in [0.1, 0.15) is 22.6 Å². The van der Waals surface area contributed by atoms with Crippen LogP contribution in [0.1, 0.15) is 117 Å². The van der Waals surface area contributed by atoms with Gasteiger partial charge < -0.3 is 80.4 Å². The summed E-state index contributed by atoms with van der Waals surface area (Å²) in [6.07, 6.45) is 4.28. The highest BCUT2D eigenvalue weighted by Gasteiger charge is 2.26. The first kappa shape index (κ1) is 75.2. The Kier molecular flexibility index (Phi) is 33.6. The van der Waals surface area contributed by atoms with Crippen LogP contribution in [0.3, 0.4) is 0 Å². The van der Waals surface area contributed by atoms with Crippen molar-refractivity contribution < 1.29 is 57.4 Å². The minimum absolute atomic E-state index is 0.00522. The lowest BCUT2D eigenvalue weighted by molar-refractivity contribution is 0.0121. The lowest BCUT2D eigenvalue weighted by Gasteiger charge is -2.37. The van der Waals surface area contributed by atoms with Crippen LogP contribution in [-0.2, 0) is 33.2 Å². The van der Waals surface area contributed by atoms with Crippen molar-refractivity contribution in [3.63, 3.8) is 0 Å². The maximum absolute atomic E-state index is 11.3. The number of nitrogens with two attached hydrogens (primary N) is 2. The number of hydrogen-bond acceptors (Lipinski definition) is 28. The van der Waals surface area contributed by atoms with Gasteiger partial charge in [-0.2, -0.15) is 9.97 Å². The number of likely N-dealkylation sites (tertiary alicyclic amines) is 1. The molecule has 0 aliphatic carbocycles. The second-order valence-electron chi connectivity index (χ2n) is 21.5. The molecule has 29 nitrogen and oxygen atoms in total. The van der Waals surface area contributed by atoms with Gasteiger partial charge in [0.25, 0.3) is 0 Å². The van der Waals surface area contributed by atoms with Gasteiger partial charge in [0.15, 0.2) is 22.8 Å². The van der Waals surface area contributed by atoms with E-state index in [9.17, 15) is 24.3 Å². The fraction of sp³-hybridized carbons (Fsp3) is 0.649. The fourth-order valence-corrected chi connectivity index (χ4v) is 9.06. The smallest absolute Gasteiger partial charge is 0.356 e.